The number of benzene rings is 4. The molecule has 0 N–H and O–H groups in total. The molecule has 4 aromatic rings. The Kier molecular flexibility index (Phi) is 10.2. The maximum Gasteiger partial charge on any atom is 0.200 e. The normalized spacial score (nSPS) is 14.3. The maximum absolute atomic E-state index is 15.0. The van der Waals surface area contributed by atoms with Crippen LogP contribution in [0.15, 0.2) is 24.0 Å². The lowest BCUT2D eigenvalue weighted by Gasteiger charge is -2.29. The second-order valence-electron chi connectivity index (χ2n) is 10.3. The zero-order chi connectivity index (χ0) is 39.7. The Morgan fingerprint density at radius 3 is 0.811 bits per heavy atom. The Hall–Kier alpha value is -5.28. The van der Waals surface area contributed by atoms with Crippen molar-refractivity contribution in [3.63, 3.8) is 0 Å². The second-order valence-corrected chi connectivity index (χ2v) is 10.3. The molecule has 0 amide bonds. The van der Waals surface area contributed by atoms with Crippen LogP contribution in [0.5, 0.6) is 0 Å². The van der Waals surface area contributed by atoms with Crippen molar-refractivity contribution in [1.82, 2.24) is 0 Å². The smallest absolute Gasteiger partial charge is 0.200 e. The van der Waals surface area contributed by atoms with Crippen LogP contribution in [0, 0.1) is 116 Å². The van der Waals surface area contributed by atoms with Gasteiger partial charge in [-0.3, -0.25) is 0 Å². The van der Waals surface area contributed by atoms with E-state index in [0.29, 0.717) is 18.2 Å². The molecule has 5 rings (SSSR count). The van der Waals surface area contributed by atoms with E-state index in [1.807, 2.05) is 0 Å². The predicted octanol–water partition coefficient (Wildman–Crippen LogP) is 10.2. The van der Waals surface area contributed by atoms with E-state index in [4.69, 9.17) is 9.47 Å². The summed E-state index contributed by atoms with van der Waals surface area (Å²) in [5.74, 6) is -60.8. The topological polar surface area (TPSA) is 18.5 Å². The number of rotatable bonds is 8. The first-order valence-electron chi connectivity index (χ1n) is 13.4. The molecule has 1 aliphatic carbocycles. The molecular weight excluding hydrogens is 784 g/mol. The summed E-state index contributed by atoms with van der Waals surface area (Å²) in [6.45, 7) is 0. The zero-order valence-electron chi connectivity index (χ0n) is 24.3. The van der Waals surface area contributed by atoms with Gasteiger partial charge in [0.1, 0.15) is 18.0 Å². The fourth-order valence-electron chi connectivity index (χ4n) is 4.89. The summed E-state index contributed by atoms with van der Waals surface area (Å²) < 4.78 is 298. The van der Waals surface area contributed by atoms with Gasteiger partial charge in [0.2, 0.25) is 23.3 Å². The van der Waals surface area contributed by atoms with Crippen LogP contribution in [0.2, 0.25) is 0 Å². The van der Waals surface area contributed by atoms with Crippen molar-refractivity contribution in [2.75, 3.05) is 0 Å². The highest BCUT2D eigenvalue weighted by Gasteiger charge is 2.43. The minimum Gasteiger partial charge on any atom is -0.482 e. The Bertz CT molecular complexity index is 2030. The number of hydrogen-bond acceptors (Lipinski definition) is 2. The van der Waals surface area contributed by atoms with Crippen LogP contribution >= 0.6 is 0 Å². The molecule has 0 saturated heterocycles. The average Bonchev–Trinajstić information content (AvgIpc) is 3.57. The highest BCUT2D eigenvalue weighted by atomic mass is 19.2. The van der Waals surface area contributed by atoms with E-state index >= 15 is 0 Å². The minimum absolute atomic E-state index is 0.337. The molecule has 0 aliphatic heterocycles. The number of halogens is 20. The van der Waals surface area contributed by atoms with Crippen molar-refractivity contribution in [2.45, 2.75) is 18.3 Å². The van der Waals surface area contributed by atoms with E-state index < -0.39 is 163 Å². The van der Waals surface area contributed by atoms with Crippen LogP contribution < -0.4 is 0 Å². The van der Waals surface area contributed by atoms with Gasteiger partial charge in [-0.25, -0.2) is 87.8 Å². The Morgan fingerprint density at radius 1 is 0.321 bits per heavy atom. The molecule has 0 saturated carbocycles. The standard InChI is InChI=1S/C31H6F20O2/c32-10-6(11(33)19(41)26(48)18(10)40)30(7-12(34)20(42)27(49)21(43)13(7)35)52-4-2-1-3-5(4)53-31(8-14(36)22(44)28(50)23(45)15(8)37)9-16(38)24(46)29(51)25(47)17(9)39/h1-4,30-31H/t4-/m0/s1. The first-order valence-corrected chi connectivity index (χ1v) is 13.4. The van der Waals surface area contributed by atoms with Gasteiger partial charge in [0.15, 0.2) is 99.2 Å². The van der Waals surface area contributed by atoms with E-state index in [-0.39, 0.29) is 0 Å². The molecule has 0 radical (unpaired) electrons. The van der Waals surface area contributed by atoms with E-state index in [0.717, 1.165) is 0 Å². The van der Waals surface area contributed by atoms with Gasteiger partial charge in [-0.2, -0.15) is 0 Å². The summed E-state index contributed by atoms with van der Waals surface area (Å²) in [5, 5.41) is 0. The maximum atomic E-state index is 15.0. The lowest BCUT2D eigenvalue weighted by molar-refractivity contribution is -0.0000798. The van der Waals surface area contributed by atoms with Crippen LogP contribution in [-0.4, -0.2) is 6.10 Å². The lowest BCUT2D eigenvalue weighted by atomic mass is 9.97. The van der Waals surface area contributed by atoms with Crippen LogP contribution in [0.4, 0.5) is 87.8 Å². The van der Waals surface area contributed by atoms with Crippen LogP contribution in [0.1, 0.15) is 34.5 Å². The van der Waals surface area contributed by atoms with Crippen molar-refractivity contribution in [3.05, 3.63) is 163 Å². The molecule has 2 nitrogen and oxygen atoms in total. The summed E-state index contributed by atoms with van der Waals surface area (Å²) >= 11 is 0. The molecule has 22 heteroatoms. The van der Waals surface area contributed by atoms with Gasteiger partial charge in [0, 0.05) is 0 Å². The molecule has 0 unspecified atom stereocenters. The summed E-state index contributed by atoms with van der Waals surface area (Å²) in [6.07, 6.45) is -8.87. The molecule has 53 heavy (non-hydrogen) atoms. The molecular formula is C31H6F20O2. The van der Waals surface area contributed by atoms with Crippen molar-refractivity contribution < 1.29 is 97.3 Å². The highest BCUT2D eigenvalue weighted by Crippen LogP contribution is 2.44. The van der Waals surface area contributed by atoms with Gasteiger partial charge < -0.3 is 9.47 Å². The van der Waals surface area contributed by atoms with Gasteiger partial charge in [-0.15, -0.1) is 0 Å². The largest absolute Gasteiger partial charge is 0.482 e. The molecule has 282 valence electrons. The van der Waals surface area contributed by atoms with E-state index in [9.17, 15) is 87.8 Å². The van der Waals surface area contributed by atoms with Crippen molar-refractivity contribution in [2.24, 2.45) is 0 Å². The van der Waals surface area contributed by atoms with Crippen molar-refractivity contribution in [3.8, 4) is 0 Å². The first kappa shape index (κ1) is 38.9. The van der Waals surface area contributed by atoms with Gasteiger partial charge in [0.25, 0.3) is 0 Å². The third-order valence-corrected chi connectivity index (χ3v) is 7.39. The van der Waals surface area contributed by atoms with Gasteiger partial charge in [-0.05, 0) is 12.2 Å². The molecule has 1 atom stereocenters. The third kappa shape index (κ3) is 6.01. The fraction of sp³-hybridized carbons (Fsp3) is 0.0968. The van der Waals surface area contributed by atoms with Gasteiger partial charge in [0.05, 0.1) is 22.3 Å². The van der Waals surface area contributed by atoms with Gasteiger partial charge >= 0.3 is 0 Å². The zero-order valence-corrected chi connectivity index (χ0v) is 24.3. The van der Waals surface area contributed by atoms with Gasteiger partial charge in [-0.1, -0.05) is 6.08 Å². The minimum atomic E-state index is -3.72. The fourth-order valence-corrected chi connectivity index (χ4v) is 4.89. The van der Waals surface area contributed by atoms with Crippen LogP contribution in [0.25, 0.3) is 0 Å². The van der Waals surface area contributed by atoms with Crippen molar-refractivity contribution >= 4 is 0 Å². The second kappa shape index (κ2) is 13.9. The van der Waals surface area contributed by atoms with Crippen molar-refractivity contribution in [1.29, 1.82) is 0 Å². The van der Waals surface area contributed by atoms with Crippen LogP contribution in [-0.2, 0) is 9.47 Å². The highest BCUT2D eigenvalue weighted by molar-refractivity contribution is 5.40. The molecule has 4 aromatic carbocycles. The van der Waals surface area contributed by atoms with E-state index in [1.165, 1.54) is 0 Å². The first-order chi connectivity index (χ1) is 24.7. The Morgan fingerprint density at radius 2 is 0.547 bits per heavy atom. The quantitative estimate of drug-likeness (QED) is 0.101. The SMILES string of the molecule is Fc1c(F)c(F)c(C(OC2=CC=C[C@@H]2OC(c2c(F)c(F)c(F)c(F)c2F)c2c(F)c(F)c(F)c(F)c2F)c2c(F)c(F)c(F)c(F)c2F)c(F)c1F. The number of ether oxygens (including phenoxy) is 2. The molecule has 0 bridgehead atoms. The third-order valence-electron chi connectivity index (χ3n) is 7.39. The lowest BCUT2D eigenvalue weighted by Crippen LogP contribution is -2.26. The van der Waals surface area contributed by atoms with Crippen LogP contribution in [0.3, 0.4) is 0 Å². The summed E-state index contributed by atoms with van der Waals surface area (Å²) in [4.78, 5) is 0. The number of allylic oxidation sites excluding steroid dienone is 2. The van der Waals surface area contributed by atoms with E-state index in [2.05, 4.69) is 0 Å². The van der Waals surface area contributed by atoms with E-state index in [1.54, 1.807) is 0 Å². The Labute approximate surface area is 278 Å². The molecule has 0 fully saturated rings. The predicted molar refractivity (Wildman–Crippen MR) is 132 cm³/mol. The Balaban J connectivity index is 1.75. The molecule has 0 spiro atoms. The summed E-state index contributed by atoms with van der Waals surface area (Å²) in [5.41, 5.74) is -10.0. The monoisotopic (exact) mass is 790 g/mol. The molecule has 1 aliphatic rings. The summed E-state index contributed by atoms with van der Waals surface area (Å²) in [7, 11) is 0. The number of hydrogen-bond donors (Lipinski definition) is 0. The summed E-state index contributed by atoms with van der Waals surface area (Å²) in [6, 6.07) is 0. The molecule has 0 aromatic heterocycles. The average molecular weight is 790 g/mol. The molecule has 0 heterocycles.